The Hall–Kier alpha value is -1.08. The first-order valence-corrected chi connectivity index (χ1v) is 5.55. The Morgan fingerprint density at radius 3 is 3.00 bits per heavy atom. The molecular formula is C11H19N3O. The second-order valence-electron chi connectivity index (χ2n) is 4.11. The third kappa shape index (κ3) is 3.52. The second-order valence-corrected chi connectivity index (χ2v) is 4.11. The van der Waals surface area contributed by atoms with Gasteiger partial charge in [-0.05, 0) is 12.8 Å². The lowest BCUT2D eigenvalue weighted by molar-refractivity contribution is -0.119. The van der Waals surface area contributed by atoms with Gasteiger partial charge in [0.2, 0.25) is 5.91 Å². The zero-order valence-electron chi connectivity index (χ0n) is 9.49. The van der Waals surface area contributed by atoms with Gasteiger partial charge in [0.05, 0.1) is 12.5 Å². The summed E-state index contributed by atoms with van der Waals surface area (Å²) in [5, 5.41) is 11.6. The number of likely N-dealkylation sites (tertiary alicyclic amines) is 1. The number of rotatable bonds is 4. The van der Waals surface area contributed by atoms with Crippen LogP contribution < -0.4 is 5.32 Å². The highest BCUT2D eigenvalue weighted by atomic mass is 16.1. The van der Waals surface area contributed by atoms with Gasteiger partial charge in [-0.2, -0.15) is 5.26 Å². The van der Waals surface area contributed by atoms with Crippen LogP contribution in [0, 0.1) is 11.3 Å². The van der Waals surface area contributed by atoms with E-state index in [1.165, 1.54) is 0 Å². The molecule has 1 amide bonds. The predicted molar refractivity (Wildman–Crippen MR) is 58.1 cm³/mol. The Bertz CT molecular complexity index is 259. The van der Waals surface area contributed by atoms with Gasteiger partial charge < -0.3 is 5.32 Å². The number of carbonyl (C=O) groups is 1. The van der Waals surface area contributed by atoms with Crippen LogP contribution in [0.5, 0.6) is 0 Å². The smallest absolute Gasteiger partial charge is 0.217 e. The number of amides is 1. The van der Waals surface area contributed by atoms with Gasteiger partial charge in [-0.3, -0.25) is 9.69 Å². The fourth-order valence-electron chi connectivity index (χ4n) is 2.16. The van der Waals surface area contributed by atoms with Crippen molar-refractivity contribution in [3.8, 4) is 6.07 Å². The van der Waals surface area contributed by atoms with Crippen LogP contribution in [0.3, 0.4) is 0 Å². The number of nitriles is 1. The summed E-state index contributed by atoms with van der Waals surface area (Å²) in [7, 11) is 0. The van der Waals surface area contributed by atoms with Gasteiger partial charge in [-0.1, -0.05) is 6.92 Å². The van der Waals surface area contributed by atoms with Crippen LogP contribution in [0.4, 0.5) is 0 Å². The Kier molecular flexibility index (Phi) is 4.57. The maximum absolute atomic E-state index is 10.9. The Morgan fingerprint density at radius 1 is 1.73 bits per heavy atom. The molecule has 0 spiro atoms. The standard InChI is InChI=1S/C11H19N3O/c1-3-11(4-6-12)14-7-5-10(8-14)13-9(2)15/h10-11H,3-5,7-8H2,1-2H3,(H,13,15). The normalized spacial score (nSPS) is 23.4. The number of hydrogen-bond acceptors (Lipinski definition) is 3. The first-order valence-electron chi connectivity index (χ1n) is 5.55. The van der Waals surface area contributed by atoms with E-state index < -0.39 is 0 Å². The first kappa shape index (κ1) is 12.0. The number of nitrogens with zero attached hydrogens (tertiary/aromatic N) is 2. The molecule has 0 radical (unpaired) electrons. The van der Waals surface area contributed by atoms with Gasteiger partial charge in [0.15, 0.2) is 0 Å². The molecule has 0 aliphatic carbocycles. The zero-order valence-corrected chi connectivity index (χ0v) is 9.49. The highest BCUT2D eigenvalue weighted by Gasteiger charge is 2.27. The minimum absolute atomic E-state index is 0.0372. The summed E-state index contributed by atoms with van der Waals surface area (Å²) in [6.45, 7) is 5.54. The molecule has 15 heavy (non-hydrogen) atoms. The highest BCUT2D eigenvalue weighted by molar-refractivity contribution is 5.73. The van der Waals surface area contributed by atoms with Gasteiger partial charge in [-0.25, -0.2) is 0 Å². The molecule has 1 aliphatic heterocycles. The van der Waals surface area contributed by atoms with Crippen molar-refractivity contribution in [3.63, 3.8) is 0 Å². The van der Waals surface area contributed by atoms with E-state index in [1.807, 2.05) is 0 Å². The van der Waals surface area contributed by atoms with Crippen LogP contribution in [-0.2, 0) is 4.79 Å². The van der Waals surface area contributed by atoms with Crippen molar-refractivity contribution < 1.29 is 4.79 Å². The van der Waals surface area contributed by atoms with E-state index in [1.54, 1.807) is 6.92 Å². The lowest BCUT2D eigenvalue weighted by Crippen LogP contribution is -2.38. The zero-order chi connectivity index (χ0) is 11.3. The fraction of sp³-hybridized carbons (Fsp3) is 0.818. The maximum Gasteiger partial charge on any atom is 0.217 e. The topological polar surface area (TPSA) is 56.1 Å². The van der Waals surface area contributed by atoms with Crippen LogP contribution in [0.1, 0.15) is 33.1 Å². The molecule has 1 saturated heterocycles. The summed E-state index contributed by atoms with van der Waals surface area (Å²) < 4.78 is 0. The Balaban J connectivity index is 2.40. The third-order valence-corrected chi connectivity index (χ3v) is 2.94. The fourth-order valence-corrected chi connectivity index (χ4v) is 2.16. The SMILES string of the molecule is CCC(CC#N)N1CCC(NC(C)=O)C1. The molecule has 4 heteroatoms. The summed E-state index contributed by atoms with van der Waals surface area (Å²) in [6.07, 6.45) is 2.59. The predicted octanol–water partition coefficient (Wildman–Crippen LogP) is 0.889. The van der Waals surface area contributed by atoms with Crippen molar-refractivity contribution in [2.45, 2.75) is 45.2 Å². The Morgan fingerprint density at radius 2 is 2.47 bits per heavy atom. The minimum atomic E-state index is 0.0372. The summed E-state index contributed by atoms with van der Waals surface area (Å²) >= 11 is 0. The lowest BCUT2D eigenvalue weighted by Gasteiger charge is -2.24. The highest BCUT2D eigenvalue weighted by Crippen LogP contribution is 2.16. The molecule has 1 heterocycles. The third-order valence-electron chi connectivity index (χ3n) is 2.94. The Labute approximate surface area is 91.2 Å². The van der Waals surface area contributed by atoms with Crippen LogP contribution in [-0.4, -0.2) is 36.0 Å². The van der Waals surface area contributed by atoms with E-state index in [4.69, 9.17) is 5.26 Å². The van der Waals surface area contributed by atoms with Gasteiger partial charge >= 0.3 is 0 Å². The number of nitrogens with one attached hydrogen (secondary N) is 1. The van der Waals surface area contributed by atoms with Gasteiger partial charge in [-0.15, -0.1) is 0 Å². The quantitative estimate of drug-likeness (QED) is 0.748. The van der Waals surface area contributed by atoms with E-state index >= 15 is 0 Å². The summed E-state index contributed by atoms with van der Waals surface area (Å²) in [4.78, 5) is 13.2. The van der Waals surface area contributed by atoms with Gasteiger partial charge in [0, 0.05) is 32.1 Å². The second kappa shape index (κ2) is 5.72. The number of carbonyl (C=O) groups excluding carboxylic acids is 1. The average molecular weight is 209 g/mol. The lowest BCUT2D eigenvalue weighted by atomic mass is 10.1. The minimum Gasteiger partial charge on any atom is -0.352 e. The van der Waals surface area contributed by atoms with E-state index in [0.717, 1.165) is 25.9 Å². The van der Waals surface area contributed by atoms with Crippen LogP contribution in [0.2, 0.25) is 0 Å². The van der Waals surface area contributed by atoms with E-state index in [-0.39, 0.29) is 11.9 Å². The molecule has 0 aromatic rings. The molecule has 2 atom stereocenters. The summed E-state index contributed by atoms with van der Waals surface area (Å²) in [5.74, 6) is 0.0372. The number of hydrogen-bond donors (Lipinski definition) is 1. The van der Waals surface area contributed by atoms with Crippen LogP contribution in [0.25, 0.3) is 0 Å². The maximum atomic E-state index is 10.9. The van der Waals surface area contributed by atoms with Crippen molar-refractivity contribution in [2.75, 3.05) is 13.1 Å². The van der Waals surface area contributed by atoms with Crippen molar-refractivity contribution >= 4 is 5.91 Å². The molecule has 1 rings (SSSR count). The molecule has 1 N–H and O–H groups in total. The average Bonchev–Trinajstić information content (AvgIpc) is 2.61. The molecule has 84 valence electrons. The molecule has 4 nitrogen and oxygen atoms in total. The van der Waals surface area contributed by atoms with E-state index in [0.29, 0.717) is 12.5 Å². The molecule has 1 aliphatic rings. The molecular weight excluding hydrogens is 190 g/mol. The molecule has 0 aromatic heterocycles. The molecule has 0 bridgehead atoms. The summed E-state index contributed by atoms with van der Waals surface area (Å²) in [5.41, 5.74) is 0. The van der Waals surface area contributed by atoms with Gasteiger partial charge in [0.25, 0.3) is 0 Å². The van der Waals surface area contributed by atoms with Crippen molar-refractivity contribution in [1.29, 1.82) is 5.26 Å². The van der Waals surface area contributed by atoms with Crippen LogP contribution in [0.15, 0.2) is 0 Å². The van der Waals surface area contributed by atoms with Crippen molar-refractivity contribution in [2.24, 2.45) is 0 Å². The largest absolute Gasteiger partial charge is 0.352 e. The van der Waals surface area contributed by atoms with E-state index in [9.17, 15) is 4.79 Å². The van der Waals surface area contributed by atoms with Crippen molar-refractivity contribution in [3.05, 3.63) is 0 Å². The van der Waals surface area contributed by atoms with Gasteiger partial charge in [0.1, 0.15) is 0 Å². The molecule has 0 saturated carbocycles. The van der Waals surface area contributed by atoms with E-state index in [2.05, 4.69) is 23.2 Å². The summed E-state index contributed by atoms with van der Waals surface area (Å²) in [6, 6.07) is 2.85. The molecule has 0 aromatic carbocycles. The monoisotopic (exact) mass is 209 g/mol. The van der Waals surface area contributed by atoms with Crippen LogP contribution >= 0.6 is 0 Å². The first-order chi connectivity index (χ1) is 7.17. The molecule has 2 unspecified atom stereocenters. The van der Waals surface area contributed by atoms with Crippen molar-refractivity contribution in [1.82, 2.24) is 10.2 Å². The molecule has 1 fully saturated rings.